The standard InChI is InChI=1S/C26H32N4O2/c1-2-8-25-28-24(16-13-19-9-4-3-5-10-19)29-30(25)18-21-15-14-20(17-27-21)22-11-6-7-12-23(22)26(31)32/h6-7,11-12,14-15,17,19H,2-5,8-10,13,16,18H2,1H3,(H,31,32). The van der Waals surface area contributed by atoms with Gasteiger partial charge in [-0.25, -0.2) is 14.5 Å². The van der Waals surface area contributed by atoms with Crippen molar-refractivity contribution in [2.45, 2.75) is 71.3 Å². The van der Waals surface area contributed by atoms with Crippen LogP contribution < -0.4 is 0 Å². The van der Waals surface area contributed by atoms with Crippen LogP contribution in [0.25, 0.3) is 11.1 Å². The van der Waals surface area contributed by atoms with Gasteiger partial charge in [0.25, 0.3) is 0 Å². The molecule has 1 aliphatic carbocycles. The molecule has 0 spiro atoms. The van der Waals surface area contributed by atoms with E-state index in [-0.39, 0.29) is 5.56 Å². The lowest BCUT2D eigenvalue weighted by Gasteiger charge is -2.20. The number of carbonyl (C=O) groups is 1. The summed E-state index contributed by atoms with van der Waals surface area (Å²) in [7, 11) is 0. The number of aromatic carboxylic acids is 1. The van der Waals surface area contributed by atoms with Crippen LogP contribution in [0.15, 0.2) is 42.6 Å². The molecule has 6 heteroatoms. The Kier molecular flexibility index (Phi) is 7.30. The van der Waals surface area contributed by atoms with E-state index in [1.165, 1.54) is 38.5 Å². The molecule has 6 nitrogen and oxygen atoms in total. The molecule has 0 atom stereocenters. The Bertz CT molecular complexity index is 1040. The van der Waals surface area contributed by atoms with Crippen molar-refractivity contribution in [2.75, 3.05) is 0 Å². The molecule has 4 rings (SSSR count). The molecule has 1 fully saturated rings. The van der Waals surface area contributed by atoms with E-state index in [2.05, 4.69) is 11.9 Å². The van der Waals surface area contributed by atoms with Crippen LogP contribution >= 0.6 is 0 Å². The van der Waals surface area contributed by atoms with Gasteiger partial charge in [0.2, 0.25) is 0 Å². The van der Waals surface area contributed by atoms with Crippen LogP contribution in [0.2, 0.25) is 0 Å². The van der Waals surface area contributed by atoms with E-state index >= 15 is 0 Å². The number of rotatable bonds is 9. The number of benzene rings is 1. The first-order valence-corrected chi connectivity index (χ1v) is 11.8. The fraction of sp³-hybridized carbons (Fsp3) is 0.462. The Balaban J connectivity index is 1.47. The third-order valence-corrected chi connectivity index (χ3v) is 6.37. The summed E-state index contributed by atoms with van der Waals surface area (Å²) in [5.41, 5.74) is 2.65. The summed E-state index contributed by atoms with van der Waals surface area (Å²) in [6.07, 6.45) is 12.6. The van der Waals surface area contributed by atoms with Gasteiger partial charge in [0.05, 0.1) is 17.8 Å². The maximum absolute atomic E-state index is 11.5. The highest BCUT2D eigenvalue weighted by Gasteiger charge is 2.16. The van der Waals surface area contributed by atoms with Gasteiger partial charge in [-0.1, -0.05) is 63.3 Å². The van der Waals surface area contributed by atoms with E-state index in [0.717, 1.165) is 48.1 Å². The number of carboxylic acids is 1. The summed E-state index contributed by atoms with van der Waals surface area (Å²) in [6.45, 7) is 2.74. The largest absolute Gasteiger partial charge is 0.478 e. The highest BCUT2D eigenvalue weighted by Crippen LogP contribution is 2.27. The first-order valence-electron chi connectivity index (χ1n) is 11.8. The molecule has 2 aromatic heterocycles. The van der Waals surface area contributed by atoms with Crippen molar-refractivity contribution in [3.63, 3.8) is 0 Å². The Hall–Kier alpha value is -3.02. The number of pyridine rings is 1. The fourth-order valence-electron chi connectivity index (χ4n) is 4.63. The van der Waals surface area contributed by atoms with Gasteiger partial charge in [-0.05, 0) is 36.5 Å². The lowest BCUT2D eigenvalue weighted by molar-refractivity contribution is 0.0697. The van der Waals surface area contributed by atoms with Crippen molar-refractivity contribution in [3.8, 4) is 11.1 Å². The average Bonchev–Trinajstić information content (AvgIpc) is 3.20. The molecule has 0 bridgehead atoms. The van der Waals surface area contributed by atoms with E-state index in [4.69, 9.17) is 10.1 Å². The zero-order valence-electron chi connectivity index (χ0n) is 18.8. The van der Waals surface area contributed by atoms with Crippen molar-refractivity contribution in [1.82, 2.24) is 19.7 Å². The number of hydrogen-bond acceptors (Lipinski definition) is 4. The molecule has 0 radical (unpaired) electrons. The Labute approximate surface area is 189 Å². The van der Waals surface area contributed by atoms with Gasteiger partial charge in [0.1, 0.15) is 5.82 Å². The molecule has 0 amide bonds. The van der Waals surface area contributed by atoms with Crippen molar-refractivity contribution in [3.05, 3.63) is 65.5 Å². The Morgan fingerprint density at radius 3 is 2.62 bits per heavy atom. The maximum atomic E-state index is 11.5. The molecule has 1 saturated carbocycles. The number of carboxylic acid groups (broad SMARTS) is 1. The van der Waals surface area contributed by atoms with Gasteiger partial charge < -0.3 is 5.11 Å². The lowest BCUT2D eigenvalue weighted by atomic mass is 9.86. The second-order valence-corrected chi connectivity index (χ2v) is 8.78. The average molecular weight is 433 g/mol. The van der Waals surface area contributed by atoms with Crippen LogP contribution in [0.4, 0.5) is 0 Å². The first kappa shape index (κ1) is 22.2. The van der Waals surface area contributed by atoms with Crippen molar-refractivity contribution < 1.29 is 9.90 Å². The van der Waals surface area contributed by atoms with Crippen LogP contribution in [0.3, 0.4) is 0 Å². The highest BCUT2D eigenvalue weighted by atomic mass is 16.4. The molecule has 1 aliphatic rings. The predicted molar refractivity (Wildman–Crippen MR) is 125 cm³/mol. The minimum absolute atomic E-state index is 0.283. The molecular weight excluding hydrogens is 400 g/mol. The van der Waals surface area contributed by atoms with Crippen molar-refractivity contribution in [1.29, 1.82) is 0 Å². The summed E-state index contributed by atoms with van der Waals surface area (Å²) in [4.78, 5) is 21.0. The van der Waals surface area contributed by atoms with Crippen molar-refractivity contribution >= 4 is 5.97 Å². The molecule has 3 aromatic rings. The van der Waals surface area contributed by atoms with Gasteiger partial charge in [0, 0.05) is 24.6 Å². The fourth-order valence-corrected chi connectivity index (χ4v) is 4.63. The minimum Gasteiger partial charge on any atom is -0.478 e. The van der Waals surface area contributed by atoms with E-state index in [1.807, 2.05) is 28.9 Å². The maximum Gasteiger partial charge on any atom is 0.336 e. The van der Waals surface area contributed by atoms with E-state index < -0.39 is 5.97 Å². The summed E-state index contributed by atoms with van der Waals surface area (Å²) in [5, 5.41) is 14.3. The Morgan fingerprint density at radius 2 is 1.91 bits per heavy atom. The third-order valence-electron chi connectivity index (χ3n) is 6.37. The summed E-state index contributed by atoms with van der Waals surface area (Å²) >= 11 is 0. The van der Waals surface area contributed by atoms with Crippen LogP contribution in [0.1, 0.15) is 79.6 Å². The number of aryl methyl sites for hydroxylation is 2. The minimum atomic E-state index is -0.933. The molecule has 168 valence electrons. The molecule has 1 N–H and O–H groups in total. The molecule has 2 heterocycles. The van der Waals surface area contributed by atoms with Gasteiger partial charge in [0.15, 0.2) is 5.82 Å². The zero-order chi connectivity index (χ0) is 22.3. The quantitative estimate of drug-likeness (QED) is 0.479. The van der Waals surface area contributed by atoms with E-state index in [1.54, 1.807) is 18.3 Å². The van der Waals surface area contributed by atoms with Crippen LogP contribution in [0, 0.1) is 5.92 Å². The van der Waals surface area contributed by atoms with E-state index in [0.29, 0.717) is 12.1 Å². The summed E-state index contributed by atoms with van der Waals surface area (Å²) in [5.74, 6) is 1.87. The Morgan fingerprint density at radius 1 is 1.09 bits per heavy atom. The normalized spacial score (nSPS) is 14.5. The highest BCUT2D eigenvalue weighted by molar-refractivity contribution is 5.95. The lowest BCUT2D eigenvalue weighted by Crippen LogP contribution is -2.09. The molecule has 32 heavy (non-hydrogen) atoms. The van der Waals surface area contributed by atoms with Gasteiger partial charge in [-0.2, -0.15) is 5.10 Å². The second kappa shape index (κ2) is 10.5. The molecule has 1 aromatic carbocycles. The monoisotopic (exact) mass is 432 g/mol. The predicted octanol–water partition coefficient (Wildman–Crippen LogP) is 5.55. The molecular formula is C26H32N4O2. The van der Waals surface area contributed by atoms with Gasteiger partial charge in [-0.15, -0.1) is 0 Å². The molecule has 0 unspecified atom stereocenters. The smallest absolute Gasteiger partial charge is 0.336 e. The SMILES string of the molecule is CCCc1nc(CCC2CCCCC2)nn1Cc1ccc(-c2ccccc2C(=O)O)cn1. The van der Waals surface area contributed by atoms with Gasteiger partial charge >= 0.3 is 5.97 Å². The molecule has 0 saturated heterocycles. The number of nitrogens with zero attached hydrogens (tertiary/aromatic N) is 4. The number of hydrogen-bond donors (Lipinski definition) is 1. The van der Waals surface area contributed by atoms with Crippen LogP contribution in [-0.4, -0.2) is 30.8 Å². The first-order chi connectivity index (χ1) is 15.6. The topological polar surface area (TPSA) is 80.9 Å². The van der Waals surface area contributed by atoms with Crippen molar-refractivity contribution in [2.24, 2.45) is 5.92 Å². The second-order valence-electron chi connectivity index (χ2n) is 8.78. The van der Waals surface area contributed by atoms with Crippen LogP contribution in [-0.2, 0) is 19.4 Å². The van der Waals surface area contributed by atoms with Gasteiger partial charge in [-0.3, -0.25) is 4.98 Å². The summed E-state index contributed by atoms with van der Waals surface area (Å²) in [6, 6.07) is 10.9. The third kappa shape index (κ3) is 5.42. The van der Waals surface area contributed by atoms with Crippen LogP contribution in [0.5, 0.6) is 0 Å². The van der Waals surface area contributed by atoms with E-state index in [9.17, 15) is 9.90 Å². The zero-order valence-corrected chi connectivity index (χ0v) is 18.8. The number of aromatic nitrogens is 4. The molecule has 0 aliphatic heterocycles. The summed E-state index contributed by atoms with van der Waals surface area (Å²) < 4.78 is 1.99.